The van der Waals surface area contributed by atoms with Gasteiger partial charge in [0.25, 0.3) is 5.91 Å². The minimum atomic E-state index is -0.148. The van der Waals surface area contributed by atoms with Crippen molar-refractivity contribution in [1.29, 1.82) is 0 Å². The second kappa shape index (κ2) is 6.08. The number of amides is 1. The van der Waals surface area contributed by atoms with Crippen molar-refractivity contribution in [2.75, 3.05) is 5.32 Å². The van der Waals surface area contributed by atoms with Gasteiger partial charge in [0.1, 0.15) is 0 Å². The monoisotopic (exact) mass is 356 g/mol. The molecule has 0 unspecified atom stereocenters. The second-order valence-electron chi connectivity index (χ2n) is 5.89. The van der Waals surface area contributed by atoms with E-state index in [1.54, 1.807) is 18.2 Å². The Bertz CT molecular complexity index is 969. The lowest BCUT2D eigenvalue weighted by molar-refractivity contribution is 0.102. The predicted octanol–water partition coefficient (Wildman–Crippen LogP) is 5.28. The van der Waals surface area contributed by atoms with Crippen molar-refractivity contribution in [3.05, 3.63) is 69.3 Å². The predicted molar refractivity (Wildman–Crippen MR) is 98.2 cm³/mol. The highest BCUT2D eigenvalue weighted by Gasteiger charge is 2.24. The first kappa shape index (κ1) is 15.4. The molecule has 4 rings (SSSR count). The van der Waals surface area contributed by atoms with Gasteiger partial charge in [-0.3, -0.25) is 9.78 Å². The van der Waals surface area contributed by atoms with Gasteiger partial charge >= 0.3 is 0 Å². The maximum Gasteiger partial charge on any atom is 0.256 e. The van der Waals surface area contributed by atoms with Crippen molar-refractivity contribution in [3.8, 4) is 0 Å². The topological polar surface area (TPSA) is 42.0 Å². The van der Waals surface area contributed by atoms with Crippen LogP contribution in [-0.2, 0) is 12.8 Å². The molecule has 3 aromatic rings. The minimum Gasteiger partial charge on any atom is -0.322 e. The van der Waals surface area contributed by atoms with Gasteiger partial charge in [0, 0.05) is 26.8 Å². The summed E-state index contributed by atoms with van der Waals surface area (Å²) in [6.45, 7) is 0. The molecule has 1 aliphatic rings. The van der Waals surface area contributed by atoms with Crippen molar-refractivity contribution in [1.82, 2.24) is 4.98 Å². The third-order valence-electron chi connectivity index (χ3n) is 4.28. The summed E-state index contributed by atoms with van der Waals surface area (Å²) in [5, 5.41) is 4.92. The van der Waals surface area contributed by atoms with E-state index in [1.807, 2.05) is 24.3 Å². The summed E-state index contributed by atoms with van der Waals surface area (Å²) >= 11 is 12.2. The van der Waals surface area contributed by atoms with Crippen LogP contribution in [0.25, 0.3) is 10.9 Å². The Morgan fingerprint density at radius 1 is 1.04 bits per heavy atom. The van der Waals surface area contributed by atoms with Crippen LogP contribution >= 0.6 is 23.2 Å². The minimum absolute atomic E-state index is 0.148. The Labute approximate surface area is 149 Å². The van der Waals surface area contributed by atoms with E-state index in [-0.39, 0.29) is 5.91 Å². The van der Waals surface area contributed by atoms with E-state index < -0.39 is 0 Å². The first-order chi connectivity index (χ1) is 11.6. The molecule has 0 radical (unpaired) electrons. The normalized spacial score (nSPS) is 13.1. The molecule has 24 heavy (non-hydrogen) atoms. The van der Waals surface area contributed by atoms with Crippen LogP contribution in [0.1, 0.15) is 28.0 Å². The molecular weight excluding hydrogens is 343 g/mol. The number of pyridine rings is 1. The number of nitrogens with one attached hydrogen (secondary N) is 1. The lowest BCUT2D eigenvalue weighted by atomic mass is 10.0. The van der Waals surface area contributed by atoms with Gasteiger partial charge in [-0.1, -0.05) is 29.3 Å². The molecule has 1 aliphatic carbocycles. The number of carbonyl (C=O) groups excluding carboxylic acids is 1. The van der Waals surface area contributed by atoms with Gasteiger partial charge in [0.15, 0.2) is 0 Å². The number of benzene rings is 2. The molecule has 0 saturated carbocycles. The summed E-state index contributed by atoms with van der Waals surface area (Å²) in [5.74, 6) is -0.148. The van der Waals surface area contributed by atoms with Crippen LogP contribution in [0.5, 0.6) is 0 Å². The number of hydrogen-bond donors (Lipinski definition) is 1. The Morgan fingerprint density at radius 3 is 2.71 bits per heavy atom. The van der Waals surface area contributed by atoms with E-state index in [9.17, 15) is 4.79 Å². The number of carbonyl (C=O) groups is 1. The summed E-state index contributed by atoms with van der Waals surface area (Å²) in [7, 11) is 0. The zero-order valence-corrected chi connectivity index (χ0v) is 14.3. The van der Waals surface area contributed by atoms with Gasteiger partial charge in [0.05, 0.1) is 11.1 Å². The van der Waals surface area contributed by atoms with Gasteiger partial charge in [0.2, 0.25) is 0 Å². The standard InChI is InChI=1S/C19H14Cl2N2O/c20-11-3-1-4-13(9-11)22-19(24)18-14-5-2-6-16(14)23-17-8-7-12(21)10-15(17)18/h1,3-4,7-10H,2,5-6H2,(H,22,24). The van der Waals surface area contributed by atoms with Gasteiger partial charge < -0.3 is 5.32 Å². The van der Waals surface area contributed by atoms with Gasteiger partial charge in [-0.25, -0.2) is 0 Å². The molecule has 3 nitrogen and oxygen atoms in total. The van der Waals surface area contributed by atoms with E-state index >= 15 is 0 Å². The fourth-order valence-corrected chi connectivity index (χ4v) is 3.62. The van der Waals surface area contributed by atoms with Crippen molar-refractivity contribution in [3.63, 3.8) is 0 Å². The molecule has 0 atom stereocenters. The maximum absolute atomic E-state index is 13.0. The average Bonchev–Trinajstić information content (AvgIpc) is 3.00. The number of anilines is 1. The Hall–Kier alpha value is -2.10. The van der Waals surface area contributed by atoms with E-state index in [0.717, 1.165) is 41.4 Å². The largest absolute Gasteiger partial charge is 0.322 e. The summed E-state index contributed by atoms with van der Waals surface area (Å²) in [5.41, 5.74) is 4.20. The first-order valence-electron chi connectivity index (χ1n) is 7.80. The molecule has 5 heteroatoms. The number of aryl methyl sites for hydroxylation is 1. The summed E-state index contributed by atoms with van der Waals surface area (Å²) in [6, 6.07) is 12.6. The fraction of sp³-hybridized carbons (Fsp3) is 0.158. The number of aromatic nitrogens is 1. The molecule has 0 saturated heterocycles. The lowest BCUT2D eigenvalue weighted by Crippen LogP contribution is -2.15. The Morgan fingerprint density at radius 2 is 1.88 bits per heavy atom. The van der Waals surface area contributed by atoms with Gasteiger partial charge in [-0.15, -0.1) is 0 Å². The molecule has 120 valence electrons. The maximum atomic E-state index is 13.0. The summed E-state index contributed by atoms with van der Waals surface area (Å²) < 4.78 is 0. The molecular formula is C19H14Cl2N2O. The van der Waals surface area contributed by atoms with Crippen LogP contribution in [0.3, 0.4) is 0 Å². The van der Waals surface area contributed by atoms with Crippen molar-refractivity contribution < 1.29 is 4.79 Å². The fourth-order valence-electron chi connectivity index (χ4n) is 3.25. The molecule has 0 fully saturated rings. The van der Waals surface area contributed by atoms with E-state index in [1.165, 1.54) is 0 Å². The van der Waals surface area contributed by atoms with Crippen LogP contribution in [0, 0.1) is 0 Å². The molecule has 1 N–H and O–H groups in total. The van der Waals surface area contributed by atoms with E-state index in [4.69, 9.17) is 28.2 Å². The number of hydrogen-bond acceptors (Lipinski definition) is 2. The van der Waals surface area contributed by atoms with Crippen LogP contribution in [0.2, 0.25) is 10.0 Å². The van der Waals surface area contributed by atoms with Crippen LogP contribution in [0.15, 0.2) is 42.5 Å². The SMILES string of the molecule is O=C(Nc1cccc(Cl)c1)c1c2c(nc3ccc(Cl)cc13)CCC2. The molecule has 1 aromatic heterocycles. The first-order valence-corrected chi connectivity index (χ1v) is 8.55. The zero-order valence-electron chi connectivity index (χ0n) is 12.8. The number of fused-ring (bicyclic) bond motifs is 2. The second-order valence-corrected chi connectivity index (χ2v) is 6.76. The summed E-state index contributed by atoms with van der Waals surface area (Å²) in [6.07, 6.45) is 2.79. The third-order valence-corrected chi connectivity index (χ3v) is 4.75. The summed E-state index contributed by atoms with van der Waals surface area (Å²) in [4.78, 5) is 17.7. The van der Waals surface area contributed by atoms with E-state index in [2.05, 4.69) is 5.32 Å². The van der Waals surface area contributed by atoms with Crippen molar-refractivity contribution in [2.24, 2.45) is 0 Å². The molecule has 1 amide bonds. The third kappa shape index (κ3) is 2.74. The molecule has 1 heterocycles. The van der Waals surface area contributed by atoms with Gasteiger partial charge in [-0.2, -0.15) is 0 Å². The highest BCUT2D eigenvalue weighted by molar-refractivity contribution is 6.32. The average molecular weight is 357 g/mol. The highest BCUT2D eigenvalue weighted by atomic mass is 35.5. The molecule has 0 spiro atoms. The number of halogens is 2. The Kier molecular flexibility index (Phi) is 3.91. The zero-order chi connectivity index (χ0) is 16.7. The quantitative estimate of drug-likeness (QED) is 0.678. The molecule has 0 bridgehead atoms. The molecule has 2 aromatic carbocycles. The highest BCUT2D eigenvalue weighted by Crippen LogP contribution is 2.32. The van der Waals surface area contributed by atoms with Gasteiger partial charge in [-0.05, 0) is 61.2 Å². The lowest BCUT2D eigenvalue weighted by Gasteiger charge is -2.13. The van der Waals surface area contributed by atoms with Crippen LogP contribution in [0.4, 0.5) is 5.69 Å². The van der Waals surface area contributed by atoms with Crippen LogP contribution < -0.4 is 5.32 Å². The number of rotatable bonds is 2. The van der Waals surface area contributed by atoms with Crippen molar-refractivity contribution in [2.45, 2.75) is 19.3 Å². The van der Waals surface area contributed by atoms with Crippen LogP contribution in [-0.4, -0.2) is 10.9 Å². The van der Waals surface area contributed by atoms with Crippen molar-refractivity contribution >= 4 is 45.7 Å². The Balaban J connectivity index is 1.85. The molecule has 0 aliphatic heterocycles. The number of nitrogens with zero attached hydrogens (tertiary/aromatic N) is 1. The smallest absolute Gasteiger partial charge is 0.256 e. The van der Waals surface area contributed by atoms with E-state index in [0.29, 0.717) is 21.3 Å².